The lowest BCUT2D eigenvalue weighted by atomic mass is 10.1. The molecule has 1 aliphatic rings. The van der Waals surface area contributed by atoms with Crippen LogP contribution in [0.15, 0.2) is 41.1 Å². The minimum Gasteiger partial charge on any atom is -0.379 e. The van der Waals surface area contributed by atoms with Gasteiger partial charge in [-0.2, -0.15) is 0 Å². The summed E-state index contributed by atoms with van der Waals surface area (Å²) in [4.78, 5) is 15.4. The standard InChI is InChI=1S/C19H20N4O2S2/c24-19(20-5-6-23-7-9-25-10-8-23)18-11-16(12-26-18)14-1-3-15(4-2-14)17-13-27-22-21-17/h1-4,11-13H,5-10H2,(H,20,24). The third-order valence-electron chi connectivity index (χ3n) is 4.51. The zero-order valence-corrected chi connectivity index (χ0v) is 16.4. The molecule has 0 saturated carbocycles. The summed E-state index contributed by atoms with van der Waals surface area (Å²) < 4.78 is 9.23. The van der Waals surface area contributed by atoms with Gasteiger partial charge in [0.05, 0.1) is 18.1 Å². The van der Waals surface area contributed by atoms with Crippen molar-refractivity contribution >= 4 is 28.8 Å². The predicted molar refractivity (Wildman–Crippen MR) is 108 cm³/mol. The van der Waals surface area contributed by atoms with Crippen LogP contribution in [0.5, 0.6) is 0 Å². The largest absolute Gasteiger partial charge is 0.379 e. The highest BCUT2D eigenvalue weighted by molar-refractivity contribution is 7.12. The Morgan fingerprint density at radius 2 is 1.89 bits per heavy atom. The summed E-state index contributed by atoms with van der Waals surface area (Å²) in [6.07, 6.45) is 0. The molecule has 0 atom stereocenters. The van der Waals surface area contributed by atoms with Crippen LogP contribution >= 0.6 is 22.9 Å². The van der Waals surface area contributed by atoms with Crippen molar-refractivity contribution in [1.29, 1.82) is 0 Å². The molecule has 1 aromatic carbocycles. The lowest BCUT2D eigenvalue weighted by Crippen LogP contribution is -2.41. The number of nitrogens with zero attached hydrogens (tertiary/aromatic N) is 3. The summed E-state index contributed by atoms with van der Waals surface area (Å²) in [5.74, 6) is -0.00956. The Morgan fingerprint density at radius 1 is 1.11 bits per heavy atom. The fraction of sp³-hybridized carbons (Fsp3) is 0.316. The number of rotatable bonds is 6. The van der Waals surface area contributed by atoms with E-state index >= 15 is 0 Å². The smallest absolute Gasteiger partial charge is 0.261 e. The second kappa shape index (κ2) is 8.71. The average molecular weight is 401 g/mol. The second-order valence-electron chi connectivity index (χ2n) is 6.28. The quantitative estimate of drug-likeness (QED) is 0.689. The van der Waals surface area contributed by atoms with Crippen molar-refractivity contribution in [2.24, 2.45) is 0 Å². The van der Waals surface area contributed by atoms with Crippen LogP contribution in [0.1, 0.15) is 9.67 Å². The van der Waals surface area contributed by atoms with E-state index in [9.17, 15) is 4.79 Å². The molecule has 8 heteroatoms. The van der Waals surface area contributed by atoms with Crippen LogP contribution in [-0.2, 0) is 4.74 Å². The number of benzene rings is 1. The average Bonchev–Trinajstić information content (AvgIpc) is 3.41. The zero-order valence-electron chi connectivity index (χ0n) is 14.8. The maximum absolute atomic E-state index is 12.4. The van der Waals surface area contributed by atoms with Gasteiger partial charge in [-0.25, -0.2) is 0 Å². The van der Waals surface area contributed by atoms with Crippen molar-refractivity contribution in [3.8, 4) is 22.4 Å². The SMILES string of the molecule is O=C(NCCN1CCOCC1)c1cc(-c2ccc(-c3csnn3)cc2)cs1. The van der Waals surface area contributed by atoms with Gasteiger partial charge in [0.15, 0.2) is 0 Å². The maximum atomic E-state index is 12.4. The molecule has 140 valence electrons. The Morgan fingerprint density at radius 3 is 2.63 bits per heavy atom. The van der Waals surface area contributed by atoms with Gasteiger partial charge in [0.25, 0.3) is 5.91 Å². The molecule has 3 aromatic rings. The van der Waals surface area contributed by atoms with Gasteiger partial charge in [0, 0.05) is 37.1 Å². The molecule has 27 heavy (non-hydrogen) atoms. The molecule has 1 fully saturated rings. The number of carbonyl (C=O) groups is 1. The Balaban J connectivity index is 1.34. The van der Waals surface area contributed by atoms with E-state index in [0.717, 1.165) is 60.1 Å². The molecular formula is C19H20N4O2S2. The highest BCUT2D eigenvalue weighted by atomic mass is 32.1. The molecule has 1 N–H and O–H groups in total. The first-order chi connectivity index (χ1) is 13.3. The number of nitrogens with one attached hydrogen (secondary N) is 1. The van der Waals surface area contributed by atoms with Crippen LogP contribution in [0.3, 0.4) is 0 Å². The van der Waals surface area contributed by atoms with Gasteiger partial charge in [-0.1, -0.05) is 28.8 Å². The number of ether oxygens (including phenoxy) is 1. The van der Waals surface area contributed by atoms with Crippen LogP contribution in [0, 0.1) is 0 Å². The number of aromatic nitrogens is 2. The van der Waals surface area contributed by atoms with Gasteiger partial charge >= 0.3 is 0 Å². The maximum Gasteiger partial charge on any atom is 0.261 e. The number of carbonyl (C=O) groups excluding carboxylic acids is 1. The number of hydrogen-bond acceptors (Lipinski definition) is 7. The molecule has 0 aliphatic carbocycles. The van der Waals surface area contributed by atoms with Gasteiger partial charge < -0.3 is 10.1 Å². The predicted octanol–water partition coefficient (Wildman–Crippen LogP) is 3.00. The van der Waals surface area contributed by atoms with Crippen molar-refractivity contribution in [3.63, 3.8) is 0 Å². The van der Waals surface area contributed by atoms with Crippen molar-refractivity contribution in [2.75, 3.05) is 39.4 Å². The minimum atomic E-state index is -0.00956. The number of morpholine rings is 1. The molecule has 1 amide bonds. The Kier molecular flexibility index (Phi) is 5.88. The van der Waals surface area contributed by atoms with Crippen LogP contribution in [0.4, 0.5) is 0 Å². The van der Waals surface area contributed by atoms with E-state index in [0.29, 0.717) is 6.54 Å². The third-order valence-corrected chi connectivity index (χ3v) is 5.95. The lowest BCUT2D eigenvalue weighted by molar-refractivity contribution is 0.0383. The molecule has 0 unspecified atom stereocenters. The van der Waals surface area contributed by atoms with E-state index in [4.69, 9.17) is 4.74 Å². The van der Waals surface area contributed by atoms with Crippen molar-refractivity contribution in [3.05, 3.63) is 46.0 Å². The molecule has 2 aromatic heterocycles. The molecule has 0 bridgehead atoms. The highest BCUT2D eigenvalue weighted by Crippen LogP contribution is 2.28. The molecule has 0 spiro atoms. The van der Waals surface area contributed by atoms with Crippen LogP contribution in [0.25, 0.3) is 22.4 Å². The fourth-order valence-electron chi connectivity index (χ4n) is 2.97. The van der Waals surface area contributed by atoms with E-state index in [1.165, 1.54) is 22.9 Å². The van der Waals surface area contributed by atoms with Crippen molar-refractivity contribution in [1.82, 2.24) is 19.8 Å². The fourth-order valence-corrected chi connectivity index (χ4v) is 4.27. The number of hydrogen-bond donors (Lipinski definition) is 1. The monoisotopic (exact) mass is 400 g/mol. The molecule has 4 rings (SSSR count). The van der Waals surface area contributed by atoms with Crippen LogP contribution < -0.4 is 5.32 Å². The molecular weight excluding hydrogens is 380 g/mol. The summed E-state index contributed by atoms with van der Waals surface area (Å²) in [6.45, 7) is 4.95. The first kappa shape index (κ1) is 18.2. The van der Waals surface area contributed by atoms with Gasteiger partial charge in [-0.3, -0.25) is 9.69 Å². The van der Waals surface area contributed by atoms with Gasteiger partial charge in [-0.15, -0.1) is 16.4 Å². The van der Waals surface area contributed by atoms with E-state index in [1.807, 2.05) is 29.0 Å². The van der Waals surface area contributed by atoms with E-state index in [1.54, 1.807) is 0 Å². The summed E-state index contributed by atoms with van der Waals surface area (Å²) in [7, 11) is 0. The summed E-state index contributed by atoms with van der Waals surface area (Å²) in [6, 6.07) is 10.1. The van der Waals surface area contributed by atoms with Crippen molar-refractivity contribution < 1.29 is 9.53 Å². The molecule has 1 saturated heterocycles. The second-order valence-corrected chi connectivity index (χ2v) is 7.80. The third kappa shape index (κ3) is 4.59. The summed E-state index contributed by atoms with van der Waals surface area (Å²) >= 11 is 2.82. The van der Waals surface area contributed by atoms with Gasteiger partial charge in [-0.05, 0) is 34.1 Å². The van der Waals surface area contributed by atoms with E-state index < -0.39 is 0 Å². The van der Waals surface area contributed by atoms with Crippen LogP contribution in [-0.4, -0.2) is 59.8 Å². The number of amides is 1. The minimum absolute atomic E-state index is 0.00956. The molecule has 1 aliphatic heterocycles. The Hall–Kier alpha value is -2.13. The van der Waals surface area contributed by atoms with Gasteiger partial charge in [0.2, 0.25) is 0 Å². The molecule has 3 heterocycles. The number of thiophene rings is 1. The first-order valence-electron chi connectivity index (χ1n) is 8.84. The molecule has 6 nitrogen and oxygen atoms in total. The summed E-state index contributed by atoms with van der Waals surface area (Å²) in [5.41, 5.74) is 4.08. The first-order valence-corrected chi connectivity index (χ1v) is 10.6. The topological polar surface area (TPSA) is 67.4 Å². The highest BCUT2D eigenvalue weighted by Gasteiger charge is 2.13. The molecule has 0 radical (unpaired) electrons. The van der Waals surface area contributed by atoms with Crippen molar-refractivity contribution in [2.45, 2.75) is 0 Å². The van der Waals surface area contributed by atoms with E-state index in [-0.39, 0.29) is 5.91 Å². The van der Waals surface area contributed by atoms with Crippen LogP contribution in [0.2, 0.25) is 0 Å². The summed E-state index contributed by atoms with van der Waals surface area (Å²) in [5, 5.41) is 11.1. The normalized spacial score (nSPS) is 15.0. The Labute approximate surface area is 166 Å². The lowest BCUT2D eigenvalue weighted by Gasteiger charge is -2.26. The Bertz CT molecular complexity index is 872. The van der Waals surface area contributed by atoms with Gasteiger partial charge in [0.1, 0.15) is 5.69 Å². The zero-order chi connectivity index (χ0) is 18.5. The van der Waals surface area contributed by atoms with E-state index in [2.05, 4.69) is 31.9 Å².